The molecular formula is C32H35F3N2O2. The molecule has 0 radical (unpaired) electrons. The second-order valence-corrected chi connectivity index (χ2v) is 11.1. The van der Waals surface area contributed by atoms with Gasteiger partial charge in [0.2, 0.25) is 0 Å². The van der Waals surface area contributed by atoms with Crippen LogP contribution in [0.5, 0.6) is 11.5 Å². The van der Waals surface area contributed by atoms with Gasteiger partial charge in [0.25, 0.3) is 0 Å². The third-order valence-corrected chi connectivity index (χ3v) is 9.11. The number of fused-ring (bicyclic) bond motifs is 2. The molecule has 3 saturated heterocycles. The topological polar surface area (TPSA) is 33.7 Å². The van der Waals surface area contributed by atoms with Gasteiger partial charge in [-0.2, -0.15) is 0 Å². The molecule has 0 amide bonds. The zero-order chi connectivity index (χ0) is 27.0. The Morgan fingerprint density at radius 3 is 2.23 bits per heavy atom. The largest absolute Gasteiger partial charge is 0.573 e. The van der Waals surface area contributed by atoms with Gasteiger partial charge in [-0.3, -0.25) is 4.90 Å². The summed E-state index contributed by atoms with van der Waals surface area (Å²) in [5.74, 6) is 1.67. The lowest BCUT2D eigenvalue weighted by atomic mass is 9.64. The van der Waals surface area contributed by atoms with Crippen LogP contribution in [0.1, 0.15) is 48.3 Å². The standard InChI is InChI=1S/C32H35F3N2O2/c1-38-28-16-15-24(39-32(33,34)35)19-23(28)20-36-30-26-17-18-37(27-14-8-13-25(26)27)31(30)29(21-9-4-2-5-10-21)22-11-6-3-7-12-22/h2-7,9-12,15-16,19,25-27,29-31,36H,8,13-14,17-18,20H2,1H3. The zero-order valence-electron chi connectivity index (χ0n) is 22.1. The van der Waals surface area contributed by atoms with Crippen molar-refractivity contribution in [1.29, 1.82) is 0 Å². The van der Waals surface area contributed by atoms with Crippen molar-refractivity contribution in [3.05, 3.63) is 95.6 Å². The Morgan fingerprint density at radius 2 is 1.59 bits per heavy atom. The highest BCUT2D eigenvalue weighted by Crippen LogP contribution is 2.52. The van der Waals surface area contributed by atoms with E-state index < -0.39 is 6.36 Å². The molecule has 1 saturated carbocycles. The van der Waals surface area contributed by atoms with Crippen LogP contribution >= 0.6 is 0 Å². The van der Waals surface area contributed by atoms with Gasteiger partial charge in [0.1, 0.15) is 11.5 Å². The highest BCUT2D eigenvalue weighted by molar-refractivity contribution is 5.41. The first-order chi connectivity index (χ1) is 18.9. The second-order valence-electron chi connectivity index (χ2n) is 11.1. The lowest BCUT2D eigenvalue weighted by Gasteiger charge is -2.60. The maximum Gasteiger partial charge on any atom is 0.573 e. The second kappa shape index (κ2) is 10.9. The summed E-state index contributed by atoms with van der Waals surface area (Å²) in [6.07, 6.45) is 0.144. The van der Waals surface area contributed by atoms with E-state index in [1.807, 2.05) is 0 Å². The van der Waals surface area contributed by atoms with Gasteiger partial charge < -0.3 is 14.8 Å². The van der Waals surface area contributed by atoms with Crippen molar-refractivity contribution >= 4 is 0 Å². The number of halogens is 3. The van der Waals surface area contributed by atoms with Crippen LogP contribution in [0.3, 0.4) is 0 Å². The highest BCUT2D eigenvalue weighted by atomic mass is 19.4. The van der Waals surface area contributed by atoms with Crippen molar-refractivity contribution in [2.75, 3.05) is 13.7 Å². The van der Waals surface area contributed by atoms with Crippen LogP contribution < -0.4 is 14.8 Å². The normalized spacial score (nSPS) is 27.9. The maximum atomic E-state index is 12.9. The first-order valence-corrected chi connectivity index (χ1v) is 13.9. The number of nitrogens with zero attached hydrogens (tertiary/aromatic N) is 1. The van der Waals surface area contributed by atoms with E-state index in [2.05, 4.69) is 75.6 Å². The summed E-state index contributed by atoms with van der Waals surface area (Å²) in [7, 11) is 1.55. The summed E-state index contributed by atoms with van der Waals surface area (Å²) < 4.78 is 48.6. The molecule has 6 atom stereocenters. The number of piperidine rings is 3. The van der Waals surface area contributed by atoms with Crippen LogP contribution in [0.4, 0.5) is 13.2 Å². The van der Waals surface area contributed by atoms with Crippen LogP contribution in [-0.2, 0) is 6.54 Å². The van der Waals surface area contributed by atoms with Crippen LogP contribution in [0.2, 0.25) is 0 Å². The SMILES string of the molecule is COc1ccc(OC(F)(F)F)cc1CNC1C2CCN(C3CCCC23)C1C(c1ccccc1)c1ccccc1. The van der Waals surface area contributed by atoms with Gasteiger partial charge in [0.05, 0.1) is 7.11 Å². The zero-order valence-corrected chi connectivity index (χ0v) is 22.1. The Bertz CT molecular complexity index is 1210. The first kappa shape index (κ1) is 26.2. The minimum Gasteiger partial charge on any atom is -0.496 e. The molecule has 6 unspecified atom stereocenters. The van der Waals surface area contributed by atoms with Gasteiger partial charge in [0.15, 0.2) is 0 Å². The predicted octanol–water partition coefficient (Wildman–Crippen LogP) is 6.76. The Balaban J connectivity index is 1.37. The van der Waals surface area contributed by atoms with E-state index in [0.29, 0.717) is 35.7 Å². The number of ether oxygens (including phenoxy) is 2. The molecule has 3 aromatic rings. The Labute approximate surface area is 228 Å². The van der Waals surface area contributed by atoms with Gasteiger partial charge >= 0.3 is 6.36 Å². The molecule has 206 valence electrons. The fraction of sp³-hybridized carbons (Fsp3) is 0.438. The smallest absolute Gasteiger partial charge is 0.496 e. The van der Waals surface area contributed by atoms with E-state index in [1.54, 1.807) is 13.2 Å². The van der Waals surface area contributed by atoms with Crippen LogP contribution in [0, 0.1) is 11.8 Å². The Kier molecular flexibility index (Phi) is 7.29. The third-order valence-electron chi connectivity index (χ3n) is 9.11. The van der Waals surface area contributed by atoms with Gasteiger partial charge in [0, 0.05) is 36.2 Å². The molecule has 3 aromatic carbocycles. The summed E-state index contributed by atoms with van der Waals surface area (Å²) in [6, 6.07) is 26.8. The lowest BCUT2D eigenvalue weighted by Crippen LogP contribution is -2.69. The van der Waals surface area contributed by atoms with E-state index in [0.717, 1.165) is 13.0 Å². The molecule has 4 nitrogen and oxygen atoms in total. The minimum atomic E-state index is -4.74. The van der Waals surface area contributed by atoms with Crippen molar-refractivity contribution in [2.45, 2.75) is 62.6 Å². The fourth-order valence-electron chi connectivity index (χ4n) is 7.73. The molecule has 39 heavy (non-hydrogen) atoms. The molecule has 2 bridgehead atoms. The summed E-state index contributed by atoms with van der Waals surface area (Å²) in [5.41, 5.74) is 3.25. The molecule has 7 heteroatoms. The molecular weight excluding hydrogens is 501 g/mol. The summed E-state index contributed by atoms with van der Waals surface area (Å²) >= 11 is 0. The summed E-state index contributed by atoms with van der Waals surface area (Å²) in [6.45, 7) is 1.49. The number of methoxy groups -OCH3 is 1. The summed E-state index contributed by atoms with van der Waals surface area (Å²) in [5, 5.41) is 3.86. The van der Waals surface area contributed by atoms with Crippen LogP contribution in [-0.4, -0.2) is 43.0 Å². The minimum absolute atomic E-state index is 0.177. The third kappa shape index (κ3) is 5.27. The fourth-order valence-corrected chi connectivity index (χ4v) is 7.73. The number of hydrogen-bond acceptors (Lipinski definition) is 4. The van der Waals surface area contributed by atoms with Crippen molar-refractivity contribution in [1.82, 2.24) is 10.2 Å². The predicted molar refractivity (Wildman–Crippen MR) is 145 cm³/mol. The van der Waals surface area contributed by atoms with Crippen molar-refractivity contribution < 1.29 is 22.6 Å². The lowest BCUT2D eigenvalue weighted by molar-refractivity contribution is -0.274. The number of rotatable bonds is 8. The van der Waals surface area contributed by atoms with Crippen molar-refractivity contribution in [3.8, 4) is 11.5 Å². The Hall–Kier alpha value is -3.03. The van der Waals surface area contributed by atoms with E-state index in [1.165, 1.54) is 42.5 Å². The molecule has 0 aromatic heterocycles. The average Bonchev–Trinajstić information content (AvgIpc) is 3.45. The van der Waals surface area contributed by atoms with E-state index in [-0.39, 0.29) is 23.8 Å². The van der Waals surface area contributed by atoms with Gasteiger partial charge in [-0.15, -0.1) is 13.2 Å². The monoisotopic (exact) mass is 536 g/mol. The van der Waals surface area contributed by atoms with Crippen LogP contribution in [0.15, 0.2) is 78.9 Å². The van der Waals surface area contributed by atoms with E-state index in [9.17, 15) is 13.2 Å². The van der Waals surface area contributed by atoms with Gasteiger partial charge in [-0.05, 0) is 67.0 Å². The number of hydrogen-bond donors (Lipinski definition) is 1. The molecule has 4 aliphatic rings. The van der Waals surface area contributed by atoms with E-state index in [4.69, 9.17) is 4.74 Å². The van der Waals surface area contributed by atoms with Gasteiger partial charge in [-0.25, -0.2) is 0 Å². The summed E-state index contributed by atoms with van der Waals surface area (Å²) in [4.78, 5) is 2.76. The maximum absolute atomic E-state index is 12.9. The van der Waals surface area contributed by atoms with Crippen molar-refractivity contribution in [2.24, 2.45) is 11.8 Å². The number of benzene rings is 3. The number of nitrogens with one attached hydrogen (secondary N) is 1. The molecule has 7 rings (SSSR count). The van der Waals surface area contributed by atoms with Crippen molar-refractivity contribution in [3.63, 3.8) is 0 Å². The quantitative estimate of drug-likeness (QED) is 0.345. The molecule has 4 fully saturated rings. The molecule has 0 spiro atoms. The molecule has 1 aliphatic carbocycles. The Morgan fingerprint density at radius 1 is 0.897 bits per heavy atom. The highest BCUT2D eigenvalue weighted by Gasteiger charge is 2.55. The number of alkyl halides is 3. The first-order valence-electron chi connectivity index (χ1n) is 13.9. The van der Waals surface area contributed by atoms with Crippen LogP contribution in [0.25, 0.3) is 0 Å². The molecule has 1 N–H and O–H groups in total. The molecule has 3 aliphatic heterocycles. The average molecular weight is 537 g/mol. The van der Waals surface area contributed by atoms with E-state index >= 15 is 0 Å². The molecule has 3 heterocycles. The van der Waals surface area contributed by atoms with Gasteiger partial charge in [-0.1, -0.05) is 67.1 Å².